The summed E-state index contributed by atoms with van der Waals surface area (Å²) in [5.74, 6) is -0.555. The fourth-order valence-electron chi connectivity index (χ4n) is 2.19. The Bertz CT molecular complexity index is 430. The lowest BCUT2D eigenvalue weighted by Gasteiger charge is -2.28. The van der Waals surface area contributed by atoms with E-state index in [2.05, 4.69) is 10.6 Å². The van der Waals surface area contributed by atoms with E-state index in [4.69, 9.17) is 4.42 Å². The van der Waals surface area contributed by atoms with Gasteiger partial charge in [-0.05, 0) is 25.0 Å². The fourth-order valence-corrected chi connectivity index (χ4v) is 2.19. The number of furan rings is 1. The number of hydrogen-bond donors (Lipinski definition) is 3. The van der Waals surface area contributed by atoms with Crippen molar-refractivity contribution in [2.24, 2.45) is 0 Å². The Morgan fingerprint density at radius 2 is 2.16 bits per heavy atom. The third kappa shape index (κ3) is 3.82. The molecule has 1 fully saturated rings. The predicted octanol–water partition coefficient (Wildman–Crippen LogP) is 0.429. The van der Waals surface area contributed by atoms with Gasteiger partial charge in [0.15, 0.2) is 5.76 Å². The fraction of sp³-hybridized carbons (Fsp3) is 0.538. The summed E-state index contributed by atoms with van der Waals surface area (Å²) in [6, 6.07) is 2.92. The molecule has 104 valence electrons. The van der Waals surface area contributed by atoms with Crippen LogP contribution in [0.25, 0.3) is 0 Å². The number of carbonyl (C=O) groups is 2. The minimum absolute atomic E-state index is 0.122. The first-order valence-corrected chi connectivity index (χ1v) is 6.46. The molecule has 1 heterocycles. The zero-order valence-corrected chi connectivity index (χ0v) is 10.6. The molecule has 1 aliphatic carbocycles. The topological polar surface area (TPSA) is 91.6 Å². The first-order valence-electron chi connectivity index (χ1n) is 6.46. The second kappa shape index (κ2) is 6.38. The molecule has 0 unspecified atom stereocenters. The monoisotopic (exact) mass is 266 g/mol. The Kier molecular flexibility index (Phi) is 4.57. The van der Waals surface area contributed by atoms with Gasteiger partial charge in [-0.25, -0.2) is 0 Å². The molecule has 0 aliphatic heterocycles. The predicted molar refractivity (Wildman–Crippen MR) is 67.4 cm³/mol. The van der Waals surface area contributed by atoms with Crippen molar-refractivity contribution >= 4 is 11.8 Å². The lowest BCUT2D eigenvalue weighted by atomic mass is 9.92. The zero-order chi connectivity index (χ0) is 13.7. The lowest BCUT2D eigenvalue weighted by molar-refractivity contribution is -0.122. The van der Waals surface area contributed by atoms with Crippen LogP contribution in [0.3, 0.4) is 0 Å². The Morgan fingerprint density at radius 1 is 1.37 bits per heavy atom. The summed E-state index contributed by atoms with van der Waals surface area (Å²) in [5.41, 5.74) is 0. The Labute approximate surface area is 111 Å². The number of carbonyl (C=O) groups excluding carboxylic acids is 2. The quantitative estimate of drug-likeness (QED) is 0.737. The minimum atomic E-state index is -0.488. The van der Waals surface area contributed by atoms with E-state index in [0.29, 0.717) is 6.42 Å². The average Bonchev–Trinajstić information content (AvgIpc) is 2.93. The average molecular weight is 266 g/mol. The van der Waals surface area contributed by atoms with E-state index in [-0.39, 0.29) is 24.3 Å². The van der Waals surface area contributed by atoms with Crippen LogP contribution in [0.1, 0.15) is 36.2 Å². The summed E-state index contributed by atoms with van der Waals surface area (Å²) in [5, 5.41) is 14.9. The molecule has 2 amide bonds. The van der Waals surface area contributed by atoms with E-state index in [1.807, 2.05) is 0 Å². The smallest absolute Gasteiger partial charge is 0.287 e. The molecule has 2 rings (SSSR count). The third-order valence-electron chi connectivity index (χ3n) is 3.23. The Morgan fingerprint density at radius 3 is 2.84 bits per heavy atom. The van der Waals surface area contributed by atoms with E-state index in [9.17, 15) is 14.7 Å². The summed E-state index contributed by atoms with van der Waals surface area (Å²) in [6.45, 7) is -0.122. The highest BCUT2D eigenvalue weighted by Crippen LogP contribution is 2.18. The van der Waals surface area contributed by atoms with E-state index in [1.54, 1.807) is 6.07 Å². The van der Waals surface area contributed by atoms with Gasteiger partial charge in [-0.2, -0.15) is 0 Å². The number of aliphatic hydroxyl groups excluding tert-OH is 1. The maximum absolute atomic E-state index is 11.7. The summed E-state index contributed by atoms with van der Waals surface area (Å²) >= 11 is 0. The van der Waals surface area contributed by atoms with Crippen LogP contribution < -0.4 is 10.6 Å². The van der Waals surface area contributed by atoms with Gasteiger partial charge >= 0.3 is 0 Å². The summed E-state index contributed by atoms with van der Waals surface area (Å²) in [6.07, 6.45) is 4.39. The van der Waals surface area contributed by atoms with Crippen LogP contribution in [-0.4, -0.2) is 35.6 Å². The lowest BCUT2D eigenvalue weighted by Crippen LogP contribution is -2.48. The normalized spacial score (nSPS) is 22.8. The summed E-state index contributed by atoms with van der Waals surface area (Å²) in [7, 11) is 0. The molecule has 0 saturated heterocycles. The largest absolute Gasteiger partial charge is 0.459 e. The zero-order valence-electron chi connectivity index (χ0n) is 10.6. The van der Waals surface area contributed by atoms with Crippen LogP contribution in [-0.2, 0) is 4.79 Å². The Hall–Kier alpha value is -1.82. The third-order valence-corrected chi connectivity index (χ3v) is 3.23. The van der Waals surface area contributed by atoms with Crippen LogP contribution in [0.5, 0.6) is 0 Å². The molecule has 0 bridgehead atoms. The van der Waals surface area contributed by atoms with Crippen molar-refractivity contribution in [2.45, 2.75) is 37.8 Å². The van der Waals surface area contributed by atoms with Gasteiger partial charge in [0, 0.05) is 0 Å². The standard InChI is InChI=1S/C13H18N2O4/c16-10-5-2-1-4-9(10)15-12(17)8-14-13(18)11-6-3-7-19-11/h3,6-7,9-10,16H,1-2,4-5,8H2,(H,14,18)(H,15,17)/t9-,10-/m0/s1. The van der Waals surface area contributed by atoms with Crippen molar-refractivity contribution in [3.8, 4) is 0 Å². The number of hydrogen-bond acceptors (Lipinski definition) is 4. The van der Waals surface area contributed by atoms with Gasteiger partial charge < -0.3 is 20.2 Å². The van der Waals surface area contributed by atoms with Crippen molar-refractivity contribution in [3.05, 3.63) is 24.2 Å². The van der Waals surface area contributed by atoms with E-state index in [1.165, 1.54) is 12.3 Å². The minimum Gasteiger partial charge on any atom is -0.459 e. The molecule has 2 atom stereocenters. The molecule has 0 spiro atoms. The van der Waals surface area contributed by atoms with E-state index < -0.39 is 12.0 Å². The van der Waals surface area contributed by atoms with Crippen molar-refractivity contribution in [1.29, 1.82) is 0 Å². The van der Waals surface area contributed by atoms with Crippen molar-refractivity contribution in [3.63, 3.8) is 0 Å². The highest BCUT2D eigenvalue weighted by atomic mass is 16.3. The number of aliphatic hydroxyl groups is 1. The molecule has 6 nitrogen and oxygen atoms in total. The van der Waals surface area contributed by atoms with Crippen molar-refractivity contribution in [2.75, 3.05) is 6.54 Å². The second-order valence-electron chi connectivity index (χ2n) is 4.69. The maximum Gasteiger partial charge on any atom is 0.287 e. The van der Waals surface area contributed by atoms with Crippen LogP contribution in [0.15, 0.2) is 22.8 Å². The molecule has 0 aromatic carbocycles. The first kappa shape index (κ1) is 13.6. The molecule has 1 aliphatic rings. The van der Waals surface area contributed by atoms with Gasteiger partial charge in [0.1, 0.15) is 0 Å². The molecule has 19 heavy (non-hydrogen) atoms. The van der Waals surface area contributed by atoms with Crippen LogP contribution in [0.4, 0.5) is 0 Å². The van der Waals surface area contributed by atoms with Crippen LogP contribution in [0, 0.1) is 0 Å². The SMILES string of the molecule is O=C(CNC(=O)c1ccco1)N[C@H]1CCCC[C@@H]1O. The van der Waals surface area contributed by atoms with Gasteiger partial charge in [0.05, 0.1) is 25.0 Å². The highest BCUT2D eigenvalue weighted by molar-refractivity contribution is 5.94. The van der Waals surface area contributed by atoms with Gasteiger partial charge in [-0.15, -0.1) is 0 Å². The highest BCUT2D eigenvalue weighted by Gasteiger charge is 2.24. The van der Waals surface area contributed by atoms with Crippen LogP contribution >= 0.6 is 0 Å². The van der Waals surface area contributed by atoms with Crippen LogP contribution in [0.2, 0.25) is 0 Å². The molecule has 1 aromatic heterocycles. The molecule has 1 aromatic rings. The number of nitrogens with one attached hydrogen (secondary N) is 2. The van der Waals surface area contributed by atoms with E-state index in [0.717, 1.165) is 19.3 Å². The second-order valence-corrected chi connectivity index (χ2v) is 4.69. The molecule has 3 N–H and O–H groups in total. The number of amides is 2. The maximum atomic E-state index is 11.7. The van der Waals surface area contributed by atoms with Crippen molar-refractivity contribution < 1.29 is 19.1 Å². The Balaban J connectivity index is 1.74. The van der Waals surface area contributed by atoms with Gasteiger partial charge in [-0.1, -0.05) is 12.8 Å². The molecule has 0 radical (unpaired) electrons. The number of rotatable bonds is 4. The molecular weight excluding hydrogens is 248 g/mol. The van der Waals surface area contributed by atoms with Gasteiger partial charge in [0.2, 0.25) is 5.91 Å². The molecule has 1 saturated carbocycles. The molecule has 6 heteroatoms. The first-order chi connectivity index (χ1) is 9.16. The van der Waals surface area contributed by atoms with Gasteiger partial charge in [-0.3, -0.25) is 9.59 Å². The van der Waals surface area contributed by atoms with E-state index >= 15 is 0 Å². The summed E-state index contributed by atoms with van der Waals surface area (Å²) in [4.78, 5) is 23.2. The van der Waals surface area contributed by atoms with Gasteiger partial charge in [0.25, 0.3) is 5.91 Å². The van der Waals surface area contributed by atoms with Crippen molar-refractivity contribution in [1.82, 2.24) is 10.6 Å². The molecular formula is C13H18N2O4. The summed E-state index contributed by atoms with van der Waals surface area (Å²) < 4.78 is 4.91.